The summed E-state index contributed by atoms with van der Waals surface area (Å²) >= 11 is 1.51. The smallest absolute Gasteiger partial charge is 0.261 e. The third-order valence-corrected chi connectivity index (χ3v) is 8.85. The number of pyridine rings is 2. The van der Waals surface area contributed by atoms with Crippen molar-refractivity contribution in [3.8, 4) is 10.4 Å². The summed E-state index contributed by atoms with van der Waals surface area (Å²) in [7, 11) is 0. The zero-order valence-electron chi connectivity index (χ0n) is 20.8. The zero-order chi connectivity index (χ0) is 25.3. The molecule has 1 amide bonds. The first-order valence-electron chi connectivity index (χ1n) is 12.8. The Labute approximate surface area is 216 Å². The fourth-order valence-electron chi connectivity index (χ4n) is 5.40. The number of carbonyl (C=O) groups excluding carboxylic acids is 1. The first-order valence-corrected chi connectivity index (χ1v) is 13.6. The SMILES string of the molecule is CC1(C)CCCN1CCNC(=O)c1cnc2c(c1)[nH]c(=O)c1c2nn2cc(-c3cnn(C4CC4)c3)sc12. The molecule has 5 aromatic heterocycles. The number of aromatic nitrogens is 6. The summed E-state index contributed by atoms with van der Waals surface area (Å²) in [5, 5.41) is 12.7. The van der Waals surface area contributed by atoms with E-state index in [1.165, 1.54) is 37.0 Å². The van der Waals surface area contributed by atoms with Gasteiger partial charge in [-0.05, 0) is 52.1 Å². The molecule has 5 aromatic rings. The molecule has 10 nitrogen and oxygen atoms in total. The lowest BCUT2D eigenvalue weighted by Crippen LogP contribution is -2.43. The minimum atomic E-state index is -0.241. The van der Waals surface area contributed by atoms with Crippen LogP contribution in [0.2, 0.25) is 0 Å². The minimum absolute atomic E-state index is 0.178. The van der Waals surface area contributed by atoms with Crippen LogP contribution in [0.15, 0.2) is 35.6 Å². The molecule has 6 heterocycles. The number of aromatic amines is 1. The monoisotopic (exact) mass is 516 g/mol. The molecule has 0 atom stereocenters. The molecule has 190 valence electrons. The molecule has 2 fully saturated rings. The number of fused-ring (bicyclic) bond motifs is 5. The summed E-state index contributed by atoms with van der Waals surface area (Å²) in [4.78, 5) is 37.6. The summed E-state index contributed by atoms with van der Waals surface area (Å²) < 4.78 is 3.76. The summed E-state index contributed by atoms with van der Waals surface area (Å²) in [6.45, 7) is 6.93. The Bertz CT molecular complexity index is 1740. The molecular weight excluding hydrogens is 488 g/mol. The van der Waals surface area contributed by atoms with Crippen LogP contribution in [0.25, 0.3) is 37.2 Å². The van der Waals surface area contributed by atoms with E-state index >= 15 is 0 Å². The van der Waals surface area contributed by atoms with Crippen LogP contribution in [-0.2, 0) is 0 Å². The van der Waals surface area contributed by atoms with Gasteiger partial charge in [-0.2, -0.15) is 10.2 Å². The molecular formula is C26H28N8O2S. The van der Waals surface area contributed by atoms with E-state index in [0.29, 0.717) is 40.1 Å². The molecule has 0 aromatic carbocycles. The van der Waals surface area contributed by atoms with Crippen LogP contribution in [0.3, 0.4) is 0 Å². The Morgan fingerprint density at radius 3 is 2.89 bits per heavy atom. The Morgan fingerprint density at radius 1 is 1.24 bits per heavy atom. The summed E-state index contributed by atoms with van der Waals surface area (Å²) in [5.41, 5.74) is 2.99. The number of hydrogen-bond acceptors (Lipinski definition) is 7. The summed E-state index contributed by atoms with van der Waals surface area (Å²) in [5.74, 6) is -0.199. The van der Waals surface area contributed by atoms with Crippen molar-refractivity contribution in [1.82, 2.24) is 39.6 Å². The van der Waals surface area contributed by atoms with Crippen LogP contribution >= 0.6 is 11.3 Å². The van der Waals surface area contributed by atoms with Gasteiger partial charge in [0, 0.05) is 42.8 Å². The fourth-order valence-corrected chi connectivity index (χ4v) is 6.46. The van der Waals surface area contributed by atoms with Gasteiger partial charge in [0.1, 0.15) is 21.3 Å². The van der Waals surface area contributed by atoms with Gasteiger partial charge in [0.2, 0.25) is 0 Å². The molecule has 0 radical (unpaired) electrons. The van der Waals surface area contributed by atoms with E-state index in [9.17, 15) is 9.59 Å². The molecule has 0 spiro atoms. The number of amides is 1. The Morgan fingerprint density at radius 2 is 2.11 bits per heavy atom. The maximum absolute atomic E-state index is 13.1. The van der Waals surface area contributed by atoms with Crippen LogP contribution < -0.4 is 10.9 Å². The van der Waals surface area contributed by atoms with Gasteiger partial charge in [-0.15, -0.1) is 11.3 Å². The van der Waals surface area contributed by atoms with Crippen LogP contribution in [-0.4, -0.2) is 65.3 Å². The molecule has 1 aliphatic carbocycles. The van der Waals surface area contributed by atoms with Crippen LogP contribution in [0.4, 0.5) is 0 Å². The second-order valence-corrected chi connectivity index (χ2v) is 11.8. The molecule has 37 heavy (non-hydrogen) atoms. The number of thiazole rings is 1. The van der Waals surface area contributed by atoms with Gasteiger partial charge in [-0.25, -0.2) is 4.52 Å². The molecule has 2 N–H and O–H groups in total. The highest BCUT2D eigenvalue weighted by Crippen LogP contribution is 2.37. The molecule has 2 aliphatic rings. The number of rotatable bonds is 6. The molecule has 0 bridgehead atoms. The number of carbonyl (C=O) groups is 1. The summed E-state index contributed by atoms with van der Waals surface area (Å²) in [6, 6.07) is 2.20. The van der Waals surface area contributed by atoms with Crippen molar-refractivity contribution in [2.24, 2.45) is 0 Å². The van der Waals surface area contributed by atoms with E-state index in [2.05, 4.69) is 45.3 Å². The van der Waals surface area contributed by atoms with Crippen molar-refractivity contribution in [1.29, 1.82) is 0 Å². The van der Waals surface area contributed by atoms with E-state index in [0.717, 1.165) is 28.4 Å². The molecule has 7 rings (SSSR count). The lowest BCUT2D eigenvalue weighted by atomic mass is 10.0. The van der Waals surface area contributed by atoms with Crippen molar-refractivity contribution in [2.45, 2.75) is 51.1 Å². The first-order chi connectivity index (χ1) is 17.9. The predicted octanol–water partition coefficient (Wildman–Crippen LogP) is 3.59. The van der Waals surface area contributed by atoms with Crippen LogP contribution in [0.1, 0.15) is 55.9 Å². The zero-order valence-corrected chi connectivity index (χ0v) is 21.6. The van der Waals surface area contributed by atoms with E-state index in [-0.39, 0.29) is 17.0 Å². The maximum Gasteiger partial charge on any atom is 0.261 e. The average molecular weight is 517 g/mol. The van der Waals surface area contributed by atoms with E-state index < -0.39 is 0 Å². The highest BCUT2D eigenvalue weighted by atomic mass is 32.1. The first kappa shape index (κ1) is 22.6. The van der Waals surface area contributed by atoms with Gasteiger partial charge in [0.25, 0.3) is 11.5 Å². The largest absolute Gasteiger partial charge is 0.351 e. The standard InChI is InChI=1S/C26H28N8O2S/c1-26(2)6-3-8-32(26)9-7-27-23(35)15-10-18-21(28-11-15)22-20(24(36)30-18)25-34(31-22)14-19(37-25)16-12-29-33(13-16)17-4-5-17/h10-14,17H,3-9H2,1-2H3,(H,27,35)(H,30,36). The Balaban J connectivity index is 1.16. The third kappa shape index (κ3) is 3.84. The minimum Gasteiger partial charge on any atom is -0.351 e. The van der Waals surface area contributed by atoms with Crippen molar-refractivity contribution < 1.29 is 4.79 Å². The average Bonchev–Trinajstić information content (AvgIpc) is 3.17. The van der Waals surface area contributed by atoms with Gasteiger partial charge in [-0.3, -0.25) is 24.2 Å². The highest BCUT2D eigenvalue weighted by Gasteiger charge is 2.31. The third-order valence-electron chi connectivity index (χ3n) is 7.71. The highest BCUT2D eigenvalue weighted by molar-refractivity contribution is 7.21. The second kappa shape index (κ2) is 8.22. The van der Waals surface area contributed by atoms with E-state index in [4.69, 9.17) is 5.10 Å². The van der Waals surface area contributed by atoms with E-state index in [1.807, 2.05) is 17.1 Å². The van der Waals surface area contributed by atoms with Gasteiger partial charge < -0.3 is 10.3 Å². The van der Waals surface area contributed by atoms with Crippen LogP contribution in [0, 0.1) is 0 Å². The molecule has 11 heteroatoms. The molecule has 0 unspecified atom stereocenters. The molecule has 1 saturated carbocycles. The quantitative estimate of drug-likeness (QED) is 0.357. The van der Waals surface area contributed by atoms with Gasteiger partial charge in [0.05, 0.1) is 28.2 Å². The Hall–Kier alpha value is -3.57. The van der Waals surface area contributed by atoms with Crippen molar-refractivity contribution in [2.75, 3.05) is 19.6 Å². The van der Waals surface area contributed by atoms with Gasteiger partial charge >= 0.3 is 0 Å². The normalized spacial score (nSPS) is 17.9. The lowest BCUT2D eigenvalue weighted by Gasteiger charge is -2.31. The molecule has 1 saturated heterocycles. The van der Waals surface area contributed by atoms with Gasteiger partial charge in [0.15, 0.2) is 0 Å². The number of hydrogen-bond donors (Lipinski definition) is 2. The number of H-pyrrole nitrogens is 1. The second-order valence-electron chi connectivity index (χ2n) is 10.7. The fraction of sp³-hybridized carbons (Fsp3) is 0.423. The Kier molecular flexibility index (Phi) is 5.02. The van der Waals surface area contributed by atoms with Crippen molar-refractivity contribution in [3.05, 3.63) is 46.8 Å². The number of nitrogens with one attached hydrogen (secondary N) is 2. The number of nitrogens with zero attached hydrogens (tertiary/aromatic N) is 6. The lowest BCUT2D eigenvalue weighted by molar-refractivity contribution is 0.0940. The van der Waals surface area contributed by atoms with E-state index in [1.54, 1.807) is 16.8 Å². The topological polar surface area (TPSA) is 113 Å². The van der Waals surface area contributed by atoms with Crippen molar-refractivity contribution >= 4 is 44.0 Å². The van der Waals surface area contributed by atoms with Crippen molar-refractivity contribution in [3.63, 3.8) is 0 Å². The number of likely N-dealkylation sites (tertiary alicyclic amines) is 1. The maximum atomic E-state index is 13.1. The predicted molar refractivity (Wildman–Crippen MR) is 143 cm³/mol. The summed E-state index contributed by atoms with van der Waals surface area (Å²) in [6.07, 6.45) is 12.1. The molecule has 1 aliphatic heterocycles. The van der Waals surface area contributed by atoms with Gasteiger partial charge in [-0.1, -0.05) is 0 Å². The van der Waals surface area contributed by atoms with Crippen LogP contribution in [0.5, 0.6) is 0 Å².